The molecule has 0 bridgehead atoms. The highest BCUT2D eigenvalue weighted by Gasteiger charge is 2.26. The standard InChI is InChI=1S/C73H116NO8P/c1-3-5-7-9-11-13-15-17-19-21-23-25-27-29-31-33-34-35-36-38-40-42-44-46-48-50-52-54-56-58-60-62-64-66-73(76)82-71(70-81-83(77,78)80-68-67-74)69-79-72(75)65-63-61-59-57-55-53-51-49-47-45-43-41-39-37-32-30-28-26-24-22-20-18-16-14-12-10-8-6-4-2/h5-8,11-14,17-20,23-26,29-32,34-35,38,40,44,46,50,52,56,58,71H,3-4,9-10,15-16,21-22,27-28,33,36-37,39,41-43,45,47-49,51,53-55,57,59-70,74H2,1-2H3,(H,77,78)/b7-5-,8-6-,13-11-,14-12-,19-17-,20-18-,25-23-,26-24-,31-29-,32-30-,35-34-,40-38-,46-44-,52-50-,58-56-. The van der Waals surface area contributed by atoms with Gasteiger partial charge in [-0.2, -0.15) is 0 Å². The average Bonchev–Trinajstić information content (AvgIpc) is 3.49. The molecule has 0 saturated heterocycles. The third-order valence-electron chi connectivity index (χ3n) is 12.8. The van der Waals surface area contributed by atoms with Crippen LogP contribution in [0.3, 0.4) is 0 Å². The van der Waals surface area contributed by atoms with Gasteiger partial charge in [0.1, 0.15) is 6.61 Å². The molecule has 2 atom stereocenters. The number of phosphoric acid groups is 1. The highest BCUT2D eigenvalue weighted by atomic mass is 31.2. The van der Waals surface area contributed by atoms with Crippen LogP contribution in [0.25, 0.3) is 0 Å². The Hall–Kier alpha value is -4.89. The van der Waals surface area contributed by atoms with Gasteiger partial charge in [-0.1, -0.05) is 267 Å². The van der Waals surface area contributed by atoms with Crippen LogP contribution in [-0.2, 0) is 32.7 Å². The summed E-state index contributed by atoms with van der Waals surface area (Å²) in [7, 11) is -4.42. The molecule has 0 fully saturated rings. The largest absolute Gasteiger partial charge is 0.472 e. The second kappa shape index (κ2) is 66.3. The lowest BCUT2D eigenvalue weighted by Gasteiger charge is -2.19. The molecular weight excluding hydrogens is 1050 g/mol. The summed E-state index contributed by atoms with van der Waals surface area (Å²) in [6.45, 7) is 3.45. The molecule has 0 heterocycles. The van der Waals surface area contributed by atoms with Crippen molar-refractivity contribution in [1.82, 2.24) is 0 Å². The molecule has 0 aromatic carbocycles. The maximum absolute atomic E-state index is 12.7. The molecule has 2 unspecified atom stereocenters. The summed E-state index contributed by atoms with van der Waals surface area (Å²) in [6, 6.07) is 0. The molecule has 9 nitrogen and oxygen atoms in total. The van der Waals surface area contributed by atoms with Gasteiger partial charge in [-0.15, -0.1) is 0 Å². The lowest BCUT2D eigenvalue weighted by atomic mass is 10.0. The van der Waals surface area contributed by atoms with Crippen molar-refractivity contribution in [2.75, 3.05) is 26.4 Å². The predicted octanol–water partition coefficient (Wildman–Crippen LogP) is 21.2. The molecule has 0 aromatic rings. The number of carbonyl (C=O) groups excluding carboxylic acids is 2. The van der Waals surface area contributed by atoms with E-state index >= 15 is 0 Å². The van der Waals surface area contributed by atoms with Crippen LogP contribution >= 0.6 is 7.82 Å². The van der Waals surface area contributed by atoms with E-state index in [0.29, 0.717) is 12.8 Å². The molecule has 0 radical (unpaired) electrons. The van der Waals surface area contributed by atoms with E-state index in [1.807, 2.05) is 0 Å². The minimum absolute atomic E-state index is 0.0361. The molecular formula is C73H116NO8P. The van der Waals surface area contributed by atoms with Gasteiger partial charge in [0.25, 0.3) is 0 Å². The number of phosphoric ester groups is 1. The van der Waals surface area contributed by atoms with Crippen LogP contribution in [0.5, 0.6) is 0 Å². The van der Waals surface area contributed by atoms with Crippen LogP contribution in [0.4, 0.5) is 0 Å². The van der Waals surface area contributed by atoms with E-state index in [9.17, 15) is 19.0 Å². The minimum atomic E-state index is -4.42. The molecule has 10 heteroatoms. The predicted molar refractivity (Wildman–Crippen MR) is 357 cm³/mol. The van der Waals surface area contributed by atoms with Crippen LogP contribution in [0.2, 0.25) is 0 Å². The van der Waals surface area contributed by atoms with E-state index in [1.165, 1.54) is 64.2 Å². The first-order chi connectivity index (χ1) is 40.8. The Morgan fingerprint density at radius 1 is 0.361 bits per heavy atom. The Kier molecular flexibility index (Phi) is 62.3. The second-order valence-corrected chi connectivity index (χ2v) is 22.0. The first-order valence-electron chi connectivity index (χ1n) is 32.3. The van der Waals surface area contributed by atoms with E-state index in [0.717, 1.165) is 128 Å². The van der Waals surface area contributed by atoms with Gasteiger partial charge >= 0.3 is 19.8 Å². The SMILES string of the molecule is CC/C=C\C/C=C\C/C=C\C/C=C\C/C=C\C/C=C\C/C=C\C/C=C\C/C=C\C/C=C\CCCCC(=O)OC(COC(=O)CCCCCCCCCCCCCCC/C=C\C/C=C\C/C=C\C/C=C\C/C=C\CC)COP(=O)(O)OCCN. The molecule has 0 rings (SSSR count). The highest BCUT2D eigenvalue weighted by molar-refractivity contribution is 7.47. The van der Waals surface area contributed by atoms with Crippen molar-refractivity contribution in [3.63, 3.8) is 0 Å². The molecule has 0 aliphatic rings. The molecule has 466 valence electrons. The van der Waals surface area contributed by atoms with E-state index in [-0.39, 0.29) is 32.6 Å². The van der Waals surface area contributed by atoms with Gasteiger partial charge in [0.2, 0.25) is 0 Å². The van der Waals surface area contributed by atoms with Crippen molar-refractivity contribution in [2.45, 2.75) is 238 Å². The van der Waals surface area contributed by atoms with Crippen molar-refractivity contribution in [2.24, 2.45) is 5.73 Å². The lowest BCUT2D eigenvalue weighted by molar-refractivity contribution is -0.161. The third-order valence-corrected chi connectivity index (χ3v) is 13.8. The normalized spacial score (nSPS) is 14.2. The summed E-state index contributed by atoms with van der Waals surface area (Å²) < 4.78 is 33.1. The number of rotatable bonds is 58. The number of hydrogen-bond donors (Lipinski definition) is 2. The van der Waals surface area contributed by atoms with Crippen molar-refractivity contribution < 1.29 is 37.6 Å². The van der Waals surface area contributed by atoms with E-state index in [4.69, 9.17) is 24.3 Å². The number of hydrogen-bond acceptors (Lipinski definition) is 8. The summed E-state index contributed by atoms with van der Waals surface area (Å²) in [6.07, 6.45) is 99.6. The Morgan fingerprint density at radius 3 is 0.952 bits per heavy atom. The zero-order valence-corrected chi connectivity index (χ0v) is 53.0. The van der Waals surface area contributed by atoms with Crippen LogP contribution in [0.15, 0.2) is 182 Å². The molecule has 0 saturated carbocycles. The summed E-state index contributed by atoms with van der Waals surface area (Å²) in [5, 5.41) is 0. The Balaban J connectivity index is 4.08. The first-order valence-corrected chi connectivity index (χ1v) is 33.8. The zero-order valence-electron chi connectivity index (χ0n) is 52.1. The zero-order chi connectivity index (χ0) is 60.1. The van der Waals surface area contributed by atoms with Crippen LogP contribution in [0.1, 0.15) is 232 Å². The maximum atomic E-state index is 12.7. The first kappa shape index (κ1) is 78.1. The summed E-state index contributed by atoms with van der Waals surface area (Å²) in [4.78, 5) is 35.3. The van der Waals surface area contributed by atoms with Crippen LogP contribution in [-0.4, -0.2) is 49.3 Å². The van der Waals surface area contributed by atoms with E-state index < -0.39 is 32.5 Å². The van der Waals surface area contributed by atoms with Crippen molar-refractivity contribution >= 4 is 19.8 Å². The average molecular weight is 1170 g/mol. The monoisotopic (exact) mass is 1170 g/mol. The number of nitrogens with two attached hydrogens (primary N) is 1. The topological polar surface area (TPSA) is 134 Å². The number of unbranched alkanes of at least 4 members (excludes halogenated alkanes) is 15. The molecule has 0 spiro atoms. The molecule has 0 aromatic heterocycles. The number of carbonyl (C=O) groups is 2. The number of esters is 2. The Labute approximate surface area is 507 Å². The van der Waals surface area contributed by atoms with Crippen molar-refractivity contribution in [3.05, 3.63) is 182 Å². The number of ether oxygens (including phenoxy) is 2. The van der Waals surface area contributed by atoms with Crippen molar-refractivity contribution in [3.8, 4) is 0 Å². The highest BCUT2D eigenvalue weighted by Crippen LogP contribution is 2.43. The summed E-state index contributed by atoms with van der Waals surface area (Å²) >= 11 is 0. The Morgan fingerprint density at radius 2 is 0.627 bits per heavy atom. The van der Waals surface area contributed by atoms with Crippen LogP contribution in [0, 0.1) is 0 Å². The number of allylic oxidation sites excluding steroid dienone is 30. The summed E-state index contributed by atoms with van der Waals surface area (Å²) in [5.41, 5.74) is 5.39. The second-order valence-electron chi connectivity index (χ2n) is 20.5. The minimum Gasteiger partial charge on any atom is -0.462 e. The van der Waals surface area contributed by atoms with E-state index in [1.54, 1.807) is 0 Å². The van der Waals surface area contributed by atoms with Gasteiger partial charge in [-0.25, -0.2) is 4.57 Å². The molecule has 83 heavy (non-hydrogen) atoms. The fourth-order valence-corrected chi connectivity index (χ4v) is 8.87. The summed E-state index contributed by atoms with van der Waals surface area (Å²) in [5.74, 6) is -0.893. The molecule has 0 aliphatic heterocycles. The van der Waals surface area contributed by atoms with Gasteiger partial charge in [0.15, 0.2) is 6.10 Å². The van der Waals surface area contributed by atoms with E-state index in [2.05, 4.69) is 196 Å². The van der Waals surface area contributed by atoms with Crippen LogP contribution < -0.4 is 5.73 Å². The van der Waals surface area contributed by atoms with Crippen molar-refractivity contribution in [1.29, 1.82) is 0 Å². The van der Waals surface area contributed by atoms with Gasteiger partial charge in [0.05, 0.1) is 13.2 Å². The van der Waals surface area contributed by atoms with Gasteiger partial charge in [-0.05, 0) is 135 Å². The van der Waals surface area contributed by atoms with Gasteiger partial charge in [-0.3, -0.25) is 18.6 Å². The quantitative estimate of drug-likeness (QED) is 0.0264. The lowest BCUT2D eigenvalue weighted by Crippen LogP contribution is -2.29. The van der Waals surface area contributed by atoms with Gasteiger partial charge < -0.3 is 20.1 Å². The molecule has 3 N–H and O–H groups in total. The van der Waals surface area contributed by atoms with Gasteiger partial charge in [0, 0.05) is 19.4 Å². The Bertz CT molecular complexity index is 2010. The fraction of sp³-hybridized carbons (Fsp3) is 0.562. The maximum Gasteiger partial charge on any atom is 0.472 e. The molecule has 0 amide bonds. The molecule has 0 aliphatic carbocycles. The third kappa shape index (κ3) is 66.1. The smallest absolute Gasteiger partial charge is 0.462 e. The fourth-order valence-electron chi connectivity index (χ4n) is 8.10.